The molecule has 0 bridgehead atoms. The average Bonchev–Trinajstić information content (AvgIpc) is 2.87. The van der Waals surface area contributed by atoms with Gasteiger partial charge in [0, 0.05) is 23.9 Å². The molecule has 0 spiro atoms. The molecular formula is C16H17NO3. The SMILES string of the molecule is Cc1cccc(NCc2cc3c(cc2O)OCO3)c1C. The topological polar surface area (TPSA) is 50.7 Å². The second kappa shape index (κ2) is 4.96. The summed E-state index contributed by atoms with van der Waals surface area (Å²) in [4.78, 5) is 0. The highest BCUT2D eigenvalue weighted by Gasteiger charge is 2.16. The minimum atomic E-state index is 0.211. The molecule has 3 rings (SSSR count). The Bertz CT molecular complexity index is 652. The maximum atomic E-state index is 10.0. The molecule has 1 heterocycles. The van der Waals surface area contributed by atoms with Crippen molar-refractivity contribution in [3.8, 4) is 17.2 Å². The van der Waals surface area contributed by atoms with E-state index in [1.165, 1.54) is 11.1 Å². The fraction of sp³-hybridized carbons (Fsp3) is 0.250. The fourth-order valence-corrected chi connectivity index (χ4v) is 2.25. The van der Waals surface area contributed by atoms with E-state index >= 15 is 0 Å². The van der Waals surface area contributed by atoms with E-state index in [9.17, 15) is 5.11 Å². The fourth-order valence-electron chi connectivity index (χ4n) is 2.25. The Labute approximate surface area is 118 Å². The minimum Gasteiger partial charge on any atom is -0.507 e. The van der Waals surface area contributed by atoms with E-state index in [1.54, 1.807) is 6.07 Å². The first-order valence-corrected chi connectivity index (χ1v) is 6.57. The maximum absolute atomic E-state index is 10.0. The first-order chi connectivity index (χ1) is 9.65. The zero-order valence-electron chi connectivity index (χ0n) is 11.6. The smallest absolute Gasteiger partial charge is 0.231 e. The Morgan fingerprint density at radius 3 is 2.70 bits per heavy atom. The molecule has 4 nitrogen and oxygen atoms in total. The first kappa shape index (κ1) is 12.7. The molecule has 1 aliphatic rings. The molecule has 0 unspecified atom stereocenters. The van der Waals surface area contributed by atoms with Gasteiger partial charge >= 0.3 is 0 Å². The van der Waals surface area contributed by atoms with Gasteiger partial charge in [-0.2, -0.15) is 0 Å². The molecule has 4 heteroatoms. The molecule has 2 aromatic carbocycles. The number of rotatable bonds is 3. The molecule has 0 amide bonds. The van der Waals surface area contributed by atoms with Crippen LogP contribution in [0.15, 0.2) is 30.3 Å². The van der Waals surface area contributed by atoms with E-state index in [4.69, 9.17) is 9.47 Å². The number of ether oxygens (including phenoxy) is 2. The lowest BCUT2D eigenvalue weighted by Crippen LogP contribution is -2.02. The van der Waals surface area contributed by atoms with Gasteiger partial charge in [-0.1, -0.05) is 12.1 Å². The molecule has 1 aliphatic heterocycles. The summed E-state index contributed by atoms with van der Waals surface area (Å²) in [6, 6.07) is 9.55. The molecule has 20 heavy (non-hydrogen) atoms. The van der Waals surface area contributed by atoms with E-state index < -0.39 is 0 Å². The predicted molar refractivity (Wildman–Crippen MR) is 77.5 cm³/mol. The van der Waals surface area contributed by atoms with E-state index in [1.807, 2.05) is 18.2 Å². The number of aromatic hydroxyl groups is 1. The van der Waals surface area contributed by atoms with E-state index in [0.717, 1.165) is 11.3 Å². The highest BCUT2D eigenvalue weighted by Crippen LogP contribution is 2.37. The van der Waals surface area contributed by atoms with Gasteiger partial charge in [-0.25, -0.2) is 0 Å². The lowest BCUT2D eigenvalue weighted by molar-refractivity contribution is 0.174. The van der Waals surface area contributed by atoms with Crippen LogP contribution >= 0.6 is 0 Å². The Morgan fingerprint density at radius 1 is 1.15 bits per heavy atom. The highest BCUT2D eigenvalue weighted by atomic mass is 16.7. The predicted octanol–water partition coefficient (Wildman–Crippen LogP) is 3.35. The number of hydrogen-bond donors (Lipinski definition) is 2. The first-order valence-electron chi connectivity index (χ1n) is 6.57. The van der Waals surface area contributed by atoms with Crippen LogP contribution in [-0.2, 0) is 6.54 Å². The van der Waals surface area contributed by atoms with Crippen molar-refractivity contribution >= 4 is 5.69 Å². The number of hydrogen-bond acceptors (Lipinski definition) is 4. The van der Waals surface area contributed by atoms with Crippen LogP contribution in [0, 0.1) is 13.8 Å². The molecular weight excluding hydrogens is 254 g/mol. The number of phenols is 1. The zero-order valence-corrected chi connectivity index (χ0v) is 11.6. The second-order valence-corrected chi connectivity index (χ2v) is 4.94. The van der Waals surface area contributed by atoms with Gasteiger partial charge in [0.15, 0.2) is 11.5 Å². The normalized spacial score (nSPS) is 12.5. The van der Waals surface area contributed by atoms with Crippen LogP contribution in [0.5, 0.6) is 17.2 Å². The van der Waals surface area contributed by atoms with Crippen molar-refractivity contribution in [3.63, 3.8) is 0 Å². The summed E-state index contributed by atoms with van der Waals surface area (Å²) in [5, 5.41) is 13.3. The van der Waals surface area contributed by atoms with Crippen molar-refractivity contribution in [2.45, 2.75) is 20.4 Å². The summed E-state index contributed by atoms with van der Waals surface area (Å²) < 4.78 is 10.6. The Morgan fingerprint density at radius 2 is 1.90 bits per heavy atom. The number of fused-ring (bicyclic) bond motifs is 1. The van der Waals surface area contributed by atoms with Gasteiger partial charge in [0.2, 0.25) is 6.79 Å². The van der Waals surface area contributed by atoms with Crippen molar-refractivity contribution in [2.75, 3.05) is 12.1 Å². The summed E-state index contributed by atoms with van der Waals surface area (Å²) in [6.45, 7) is 4.91. The third-order valence-electron chi connectivity index (χ3n) is 3.65. The minimum absolute atomic E-state index is 0.211. The molecule has 0 saturated carbocycles. The van der Waals surface area contributed by atoms with Gasteiger partial charge in [0.1, 0.15) is 5.75 Å². The van der Waals surface area contributed by atoms with Gasteiger partial charge in [-0.3, -0.25) is 0 Å². The van der Waals surface area contributed by atoms with Crippen LogP contribution < -0.4 is 14.8 Å². The molecule has 0 saturated heterocycles. The van der Waals surface area contributed by atoms with Gasteiger partial charge in [0.25, 0.3) is 0 Å². The maximum Gasteiger partial charge on any atom is 0.231 e. The molecule has 0 aromatic heterocycles. The quantitative estimate of drug-likeness (QED) is 0.899. The number of nitrogens with one attached hydrogen (secondary N) is 1. The Kier molecular flexibility index (Phi) is 3.14. The van der Waals surface area contributed by atoms with E-state index in [-0.39, 0.29) is 12.5 Å². The molecule has 0 fully saturated rings. The van der Waals surface area contributed by atoms with Crippen LogP contribution in [0.2, 0.25) is 0 Å². The molecule has 104 valence electrons. The van der Waals surface area contributed by atoms with Crippen LogP contribution in [0.25, 0.3) is 0 Å². The Balaban J connectivity index is 1.80. The third-order valence-corrected chi connectivity index (χ3v) is 3.65. The number of phenolic OH excluding ortho intramolecular Hbond substituents is 1. The summed E-state index contributed by atoms with van der Waals surface area (Å²) in [7, 11) is 0. The Hall–Kier alpha value is -2.36. The molecule has 2 N–H and O–H groups in total. The molecule has 0 atom stereocenters. The van der Waals surface area contributed by atoms with Crippen molar-refractivity contribution in [1.82, 2.24) is 0 Å². The van der Waals surface area contributed by atoms with Crippen molar-refractivity contribution in [3.05, 3.63) is 47.0 Å². The summed E-state index contributed by atoms with van der Waals surface area (Å²) in [6.07, 6.45) is 0. The van der Waals surface area contributed by atoms with E-state index in [0.29, 0.717) is 18.0 Å². The van der Waals surface area contributed by atoms with Crippen LogP contribution in [0.1, 0.15) is 16.7 Å². The van der Waals surface area contributed by atoms with Gasteiger partial charge in [0.05, 0.1) is 0 Å². The number of benzene rings is 2. The van der Waals surface area contributed by atoms with Crippen molar-refractivity contribution in [2.24, 2.45) is 0 Å². The molecule has 2 aromatic rings. The lowest BCUT2D eigenvalue weighted by Gasteiger charge is -2.12. The highest BCUT2D eigenvalue weighted by molar-refractivity contribution is 5.56. The standard InChI is InChI=1S/C16H17NO3/c1-10-4-3-5-13(11(10)2)17-8-12-6-15-16(7-14(12)18)20-9-19-15/h3-7,17-18H,8-9H2,1-2H3. The van der Waals surface area contributed by atoms with Gasteiger partial charge in [-0.05, 0) is 37.1 Å². The lowest BCUT2D eigenvalue weighted by atomic mass is 10.1. The van der Waals surface area contributed by atoms with Crippen LogP contribution in [-0.4, -0.2) is 11.9 Å². The van der Waals surface area contributed by atoms with Crippen LogP contribution in [0.4, 0.5) is 5.69 Å². The van der Waals surface area contributed by atoms with E-state index in [2.05, 4.69) is 25.2 Å². The van der Waals surface area contributed by atoms with Crippen molar-refractivity contribution < 1.29 is 14.6 Å². The van der Waals surface area contributed by atoms with Crippen molar-refractivity contribution in [1.29, 1.82) is 0 Å². The van der Waals surface area contributed by atoms with Crippen LogP contribution in [0.3, 0.4) is 0 Å². The van der Waals surface area contributed by atoms with Gasteiger partial charge < -0.3 is 19.9 Å². The molecule has 0 radical (unpaired) electrons. The van der Waals surface area contributed by atoms with Gasteiger partial charge in [-0.15, -0.1) is 0 Å². The average molecular weight is 271 g/mol. The summed E-state index contributed by atoms with van der Waals surface area (Å²) in [5.74, 6) is 1.49. The number of aryl methyl sites for hydroxylation is 1. The second-order valence-electron chi connectivity index (χ2n) is 4.94. The molecule has 0 aliphatic carbocycles. The summed E-state index contributed by atoms with van der Waals surface area (Å²) in [5.41, 5.74) is 4.31. The largest absolute Gasteiger partial charge is 0.507 e. The number of anilines is 1. The third kappa shape index (κ3) is 2.25. The monoisotopic (exact) mass is 271 g/mol. The zero-order chi connectivity index (χ0) is 14.1. The summed E-state index contributed by atoms with van der Waals surface area (Å²) >= 11 is 0.